The molecule has 0 atom stereocenters. The molecule has 2 N–H and O–H groups in total. The summed E-state index contributed by atoms with van der Waals surface area (Å²) < 4.78 is 5.11. The number of hydrogen-bond acceptors (Lipinski definition) is 3. The van der Waals surface area contributed by atoms with Crippen molar-refractivity contribution in [1.82, 2.24) is 0 Å². The fraction of sp³-hybridized carbons (Fsp3) is 0.188. The van der Waals surface area contributed by atoms with E-state index in [-0.39, 0.29) is 5.56 Å². The van der Waals surface area contributed by atoms with Crippen LogP contribution in [-0.2, 0) is 6.54 Å². The zero-order chi connectivity index (χ0) is 14.5. The Bertz CT molecular complexity index is 606. The Hall–Kier alpha value is -2.49. The molecule has 2 rings (SSSR count). The highest BCUT2D eigenvalue weighted by Crippen LogP contribution is 2.19. The number of nitrogens with one attached hydrogen (secondary N) is 1. The summed E-state index contributed by atoms with van der Waals surface area (Å²) >= 11 is 0. The minimum absolute atomic E-state index is 0.285. The van der Waals surface area contributed by atoms with Crippen molar-refractivity contribution in [2.75, 3.05) is 12.4 Å². The summed E-state index contributed by atoms with van der Waals surface area (Å²) in [5.74, 6) is -0.102. The van der Waals surface area contributed by atoms with Crippen LogP contribution in [0.1, 0.15) is 21.5 Å². The van der Waals surface area contributed by atoms with E-state index in [9.17, 15) is 4.79 Å². The van der Waals surface area contributed by atoms with Gasteiger partial charge in [-0.05, 0) is 42.3 Å². The molecule has 0 fully saturated rings. The van der Waals surface area contributed by atoms with Crippen LogP contribution < -0.4 is 10.1 Å². The van der Waals surface area contributed by atoms with Gasteiger partial charge in [0.25, 0.3) is 0 Å². The molecule has 0 spiro atoms. The normalized spacial score (nSPS) is 10.1. The Kier molecular flexibility index (Phi) is 4.25. The average molecular weight is 271 g/mol. The van der Waals surface area contributed by atoms with Gasteiger partial charge in [0.05, 0.1) is 12.7 Å². The molecule has 104 valence electrons. The van der Waals surface area contributed by atoms with Gasteiger partial charge < -0.3 is 15.2 Å². The topological polar surface area (TPSA) is 58.6 Å². The summed E-state index contributed by atoms with van der Waals surface area (Å²) in [6, 6.07) is 12.8. The number of carbonyl (C=O) groups is 1. The molecule has 0 saturated heterocycles. The third kappa shape index (κ3) is 3.29. The number of benzene rings is 2. The Morgan fingerprint density at radius 2 is 1.90 bits per heavy atom. The zero-order valence-corrected chi connectivity index (χ0v) is 11.5. The summed E-state index contributed by atoms with van der Waals surface area (Å²) in [4.78, 5) is 11.0. The van der Waals surface area contributed by atoms with Crippen molar-refractivity contribution in [3.05, 3.63) is 59.2 Å². The maximum atomic E-state index is 11.0. The number of carboxylic acid groups (broad SMARTS) is 1. The second-order valence-electron chi connectivity index (χ2n) is 4.54. The quantitative estimate of drug-likeness (QED) is 0.876. The maximum absolute atomic E-state index is 11.0. The molecule has 4 nitrogen and oxygen atoms in total. The first-order chi connectivity index (χ1) is 9.60. The fourth-order valence-electron chi connectivity index (χ4n) is 1.89. The lowest BCUT2D eigenvalue weighted by molar-refractivity contribution is 0.0697. The lowest BCUT2D eigenvalue weighted by atomic mass is 10.1. The number of methoxy groups -OCH3 is 1. The van der Waals surface area contributed by atoms with E-state index in [1.165, 1.54) is 0 Å². The highest BCUT2D eigenvalue weighted by molar-refractivity contribution is 5.89. The van der Waals surface area contributed by atoms with Crippen molar-refractivity contribution in [2.24, 2.45) is 0 Å². The Labute approximate surface area is 118 Å². The molecule has 2 aromatic carbocycles. The molecule has 0 heterocycles. The van der Waals surface area contributed by atoms with Gasteiger partial charge in [-0.3, -0.25) is 0 Å². The Morgan fingerprint density at radius 1 is 1.20 bits per heavy atom. The predicted octanol–water partition coefficient (Wildman–Crippen LogP) is 3.31. The molecule has 0 aromatic heterocycles. The first-order valence-corrected chi connectivity index (χ1v) is 6.31. The van der Waals surface area contributed by atoms with Crippen molar-refractivity contribution < 1.29 is 14.6 Å². The van der Waals surface area contributed by atoms with Gasteiger partial charge in [-0.1, -0.05) is 18.2 Å². The van der Waals surface area contributed by atoms with E-state index in [1.54, 1.807) is 25.3 Å². The summed E-state index contributed by atoms with van der Waals surface area (Å²) in [6.45, 7) is 2.58. The monoisotopic (exact) mass is 271 g/mol. The van der Waals surface area contributed by atoms with Crippen LogP contribution in [0.5, 0.6) is 5.75 Å². The van der Waals surface area contributed by atoms with Crippen LogP contribution in [0.4, 0.5) is 5.69 Å². The highest BCUT2D eigenvalue weighted by atomic mass is 16.5. The lowest BCUT2D eigenvalue weighted by Gasteiger charge is -2.11. The average Bonchev–Trinajstić information content (AvgIpc) is 2.46. The Morgan fingerprint density at radius 3 is 2.50 bits per heavy atom. The van der Waals surface area contributed by atoms with Crippen LogP contribution in [0.25, 0.3) is 0 Å². The van der Waals surface area contributed by atoms with Gasteiger partial charge >= 0.3 is 5.97 Å². The van der Waals surface area contributed by atoms with E-state index in [0.717, 1.165) is 22.6 Å². The van der Waals surface area contributed by atoms with E-state index < -0.39 is 5.97 Å². The van der Waals surface area contributed by atoms with E-state index in [1.807, 2.05) is 31.2 Å². The molecule has 0 aliphatic carbocycles. The van der Waals surface area contributed by atoms with Crippen molar-refractivity contribution in [3.8, 4) is 5.75 Å². The number of aryl methyl sites for hydroxylation is 1. The molecular formula is C16H17NO3. The maximum Gasteiger partial charge on any atom is 0.335 e. The van der Waals surface area contributed by atoms with E-state index in [0.29, 0.717) is 6.54 Å². The minimum atomic E-state index is -0.919. The summed E-state index contributed by atoms with van der Waals surface area (Å²) in [5, 5.41) is 12.3. The summed E-state index contributed by atoms with van der Waals surface area (Å²) in [7, 11) is 1.63. The molecule has 20 heavy (non-hydrogen) atoms. The summed E-state index contributed by atoms with van der Waals surface area (Å²) in [6.07, 6.45) is 0. The standard InChI is InChI=1S/C16H17NO3/c1-11-3-6-13(16(18)19)9-15(11)17-10-12-4-7-14(20-2)8-5-12/h3-9,17H,10H2,1-2H3,(H,18,19). The molecule has 4 heteroatoms. The minimum Gasteiger partial charge on any atom is -0.497 e. The summed E-state index contributed by atoms with van der Waals surface area (Å²) in [5.41, 5.74) is 3.24. The van der Waals surface area contributed by atoms with Crippen molar-refractivity contribution in [2.45, 2.75) is 13.5 Å². The fourth-order valence-corrected chi connectivity index (χ4v) is 1.89. The number of hydrogen-bond donors (Lipinski definition) is 2. The molecule has 0 radical (unpaired) electrons. The van der Waals surface area contributed by atoms with Crippen molar-refractivity contribution in [3.63, 3.8) is 0 Å². The Balaban J connectivity index is 2.09. The van der Waals surface area contributed by atoms with Gasteiger partial charge in [0.1, 0.15) is 5.75 Å². The van der Waals surface area contributed by atoms with Gasteiger partial charge in [0.15, 0.2) is 0 Å². The molecule has 2 aromatic rings. The van der Waals surface area contributed by atoms with Crippen LogP contribution in [-0.4, -0.2) is 18.2 Å². The smallest absolute Gasteiger partial charge is 0.335 e. The number of ether oxygens (including phenoxy) is 1. The number of anilines is 1. The third-order valence-electron chi connectivity index (χ3n) is 3.13. The van der Waals surface area contributed by atoms with Crippen LogP contribution in [0.15, 0.2) is 42.5 Å². The predicted molar refractivity (Wildman–Crippen MR) is 78.5 cm³/mol. The molecule has 0 amide bonds. The number of carboxylic acids is 1. The molecule has 0 aliphatic heterocycles. The van der Waals surface area contributed by atoms with Crippen molar-refractivity contribution in [1.29, 1.82) is 0 Å². The van der Waals surface area contributed by atoms with Crippen LogP contribution in [0.2, 0.25) is 0 Å². The first kappa shape index (κ1) is 13.9. The molecule has 0 bridgehead atoms. The van der Waals surface area contributed by atoms with E-state index >= 15 is 0 Å². The number of aromatic carboxylic acids is 1. The molecule has 0 aliphatic rings. The highest BCUT2D eigenvalue weighted by Gasteiger charge is 2.06. The van der Waals surface area contributed by atoms with E-state index in [2.05, 4.69) is 5.32 Å². The van der Waals surface area contributed by atoms with Gasteiger partial charge in [0, 0.05) is 12.2 Å². The van der Waals surface area contributed by atoms with Gasteiger partial charge in [-0.2, -0.15) is 0 Å². The first-order valence-electron chi connectivity index (χ1n) is 6.31. The van der Waals surface area contributed by atoms with Gasteiger partial charge in [-0.25, -0.2) is 4.79 Å². The second kappa shape index (κ2) is 6.10. The lowest BCUT2D eigenvalue weighted by Crippen LogP contribution is -2.03. The molecular weight excluding hydrogens is 254 g/mol. The zero-order valence-electron chi connectivity index (χ0n) is 11.5. The van der Waals surface area contributed by atoms with Crippen LogP contribution in [0.3, 0.4) is 0 Å². The van der Waals surface area contributed by atoms with Gasteiger partial charge in [0.2, 0.25) is 0 Å². The van der Waals surface area contributed by atoms with Crippen molar-refractivity contribution >= 4 is 11.7 Å². The SMILES string of the molecule is COc1ccc(CNc2cc(C(=O)O)ccc2C)cc1. The molecule has 0 saturated carbocycles. The third-order valence-corrected chi connectivity index (χ3v) is 3.13. The van der Waals surface area contributed by atoms with Gasteiger partial charge in [-0.15, -0.1) is 0 Å². The number of rotatable bonds is 5. The largest absolute Gasteiger partial charge is 0.497 e. The molecule has 0 unspecified atom stereocenters. The van der Waals surface area contributed by atoms with Crippen LogP contribution >= 0.6 is 0 Å². The van der Waals surface area contributed by atoms with Crippen LogP contribution in [0, 0.1) is 6.92 Å². The van der Waals surface area contributed by atoms with E-state index in [4.69, 9.17) is 9.84 Å². The second-order valence-corrected chi connectivity index (χ2v) is 4.54.